The molecular formula is C12H23N3O3. The topological polar surface area (TPSA) is 72.9 Å². The molecule has 1 aliphatic heterocycles. The number of nitrogens with one attached hydrogen (secondary N) is 1. The van der Waals surface area contributed by atoms with E-state index in [-0.39, 0.29) is 12.5 Å². The van der Waals surface area contributed by atoms with Gasteiger partial charge in [-0.05, 0) is 26.9 Å². The molecule has 1 atom stereocenters. The van der Waals surface area contributed by atoms with Gasteiger partial charge in [0.1, 0.15) is 5.54 Å². The van der Waals surface area contributed by atoms with Crippen molar-refractivity contribution in [3.05, 3.63) is 0 Å². The van der Waals surface area contributed by atoms with Crippen LogP contribution < -0.4 is 5.32 Å². The number of imide groups is 1. The number of urea groups is 1. The van der Waals surface area contributed by atoms with Crippen LogP contribution in [0.25, 0.3) is 0 Å². The summed E-state index contributed by atoms with van der Waals surface area (Å²) >= 11 is 0. The second-order valence-corrected chi connectivity index (χ2v) is 5.11. The van der Waals surface area contributed by atoms with E-state index >= 15 is 0 Å². The van der Waals surface area contributed by atoms with Crippen molar-refractivity contribution in [1.82, 2.24) is 15.1 Å². The van der Waals surface area contributed by atoms with Crippen LogP contribution in [0.15, 0.2) is 0 Å². The predicted octanol–water partition coefficient (Wildman–Crippen LogP) is 0.0195. The molecule has 3 amide bonds. The molecular weight excluding hydrogens is 234 g/mol. The first-order chi connectivity index (χ1) is 8.31. The summed E-state index contributed by atoms with van der Waals surface area (Å²) in [6, 6.07) is -0.427. The number of nitrogens with zero attached hydrogens (tertiary/aromatic N) is 2. The first-order valence-corrected chi connectivity index (χ1v) is 6.36. The van der Waals surface area contributed by atoms with Gasteiger partial charge in [0.2, 0.25) is 0 Å². The highest BCUT2D eigenvalue weighted by Crippen LogP contribution is 2.16. The van der Waals surface area contributed by atoms with Crippen LogP contribution in [0.1, 0.15) is 27.7 Å². The zero-order valence-electron chi connectivity index (χ0n) is 11.6. The minimum Gasteiger partial charge on any atom is -0.390 e. The van der Waals surface area contributed by atoms with E-state index in [1.165, 1.54) is 0 Å². The summed E-state index contributed by atoms with van der Waals surface area (Å²) in [5.74, 6) is -0.286. The number of β-amino-alcohol motifs (C(OH)–C–C–N with tert-alkyl or cyclic N) is 1. The van der Waals surface area contributed by atoms with Gasteiger partial charge in [0.15, 0.2) is 0 Å². The van der Waals surface area contributed by atoms with Gasteiger partial charge in [-0.3, -0.25) is 9.69 Å². The SMILES string of the molecule is CCN(CC)C[C@@H](O)CN1C(=O)NC(C)(C)C1=O. The summed E-state index contributed by atoms with van der Waals surface area (Å²) in [7, 11) is 0. The first-order valence-electron chi connectivity index (χ1n) is 6.36. The standard InChI is InChI=1S/C12H23N3O3/c1-5-14(6-2)7-9(16)8-15-10(17)12(3,4)13-11(15)18/h9,16H,5-8H2,1-4H3,(H,13,18)/t9-/m1/s1. The minimum absolute atomic E-state index is 0.0462. The lowest BCUT2D eigenvalue weighted by atomic mass is 10.1. The third-order valence-corrected chi connectivity index (χ3v) is 3.20. The monoisotopic (exact) mass is 257 g/mol. The average molecular weight is 257 g/mol. The highest BCUT2D eigenvalue weighted by molar-refractivity contribution is 6.06. The van der Waals surface area contributed by atoms with Gasteiger partial charge >= 0.3 is 6.03 Å². The molecule has 6 heteroatoms. The number of aliphatic hydroxyl groups is 1. The van der Waals surface area contributed by atoms with Crippen LogP contribution in [0, 0.1) is 0 Å². The smallest absolute Gasteiger partial charge is 0.325 e. The normalized spacial score (nSPS) is 20.4. The number of hydrogen-bond acceptors (Lipinski definition) is 4. The first kappa shape index (κ1) is 14.9. The zero-order chi connectivity index (χ0) is 13.9. The van der Waals surface area contributed by atoms with E-state index in [1.807, 2.05) is 18.7 Å². The summed E-state index contributed by atoms with van der Waals surface area (Å²) in [5.41, 5.74) is -0.869. The predicted molar refractivity (Wildman–Crippen MR) is 68.1 cm³/mol. The number of hydrogen-bond donors (Lipinski definition) is 2. The maximum Gasteiger partial charge on any atom is 0.325 e. The number of carbonyl (C=O) groups excluding carboxylic acids is 2. The van der Waals surface area contributed by atoms with E-state index in [2.05, 4.69) is 5.32 Å². The molecule has 0 aromatic heterocycles. The molecule has 0 aliphatic carbocycles. The van der Waals surface area contributed by atoms with E-state index < -0.39 is 17.7 Å². The highest BCUT2D eigenvalue weighted by Gasteiger charge is 2.44. The van der Waals surface area contributed by atoms with Crippen molar-refractivity contribution in [3.8, 4) is 0 Å². The number of likely N-dealkylation sites (N-methyl/N-ethyl adjacent to an activating group) is 1. The van der Waals surface area contributed by atoms with Gasteiger partial charge < -0.3 is 15.3 Å². The van der Waals surface area contributed by atoms with Crippen LogP contribution in [0.5, 0.6) is 0 Å². The average Bonchev–Trinajstić information content (AvgIpc) is 2.48. The van der Waals surface area contributed by atoms with Gasteiger partial charge in [0.05, 0.1) is 12.6 Å². The molecule has 0 aromatic carbocycles. The van der Waals surface area contributed by atoms with E-state index in [0.29, 0.717) is 6.54 Å². The molecule has 104 valence electrons. The van der Waals surface area contributed by atoms with Gasteiger partial charge in [-0.2, -0.15) is 0 Å². The molecule has 1 aliphatic rings. The Hall–Kier alpha value is -1.14. The van der Waals surface area contributed by atoms with Crippen LogP contribution in [0.2, 0.25) is 0 Å². The summed E-state index contributed by atoms with van der Waals surface area (Å²) in [6.45, 7) is 9.50. The van der Waals surface area contributed by atoms with Crippen molar-refractivity contribution in [2.45, 2.75) is 39.3 Å². The Morgan fingerprint density at radius 2 is 1.89 bits per heavy atom. The molecule has 18 heavy (non-hydrogen) atoms. The zero-order valence-corrected chi connectivity index (χ0v) is 11.6. The lowest BCUT2D eigenvalue weighted by Crippen LogP contribution is -2.44. The second-order valence-electron chi connectivity index (χ2n) is 5.11. The number of rotatable bonds is 6. The van der Waals surface area contributed by atoms with Gasteiger partial charge in [-0.15, -0.1) is 0 Å². The van der Waals surface area contributed by atoms with Crippen LogP contribution in [-0.4, -0.2) is 64.7 Å². The van der Waals surface area contributed by atoms with Gasteiger partial charge in [-0.25, -0.2) is 4.79 Å². The lowest BCUT2D eigenvalue weighted by Gasteiger charge is -2.24. The van der Waals surface area contributed by atoms with Crippen molar-refractivity contribution in [2.75, 3.05) is 26.2 Å². The third kappa shape index (κ3) is 3.20. The molecule has 1 rings (SSSR count). The van der Waals surface area contributed by atoms with Crippen LogP contribution in [0.4, 0.5) is 4.79 Å². The van der Waals surface area contributed by atoms with Gasteiger partial charge in [0.25, 0.3) is 5.91 Å². The Bertz CT molecular complexity index is 327. The van der Waals surface area contributed by atoms with Crippen molar-refractivity contribution in [2.24, 2.45) is 0 Å². The Morgan fingerprint density at radius 3 is 2.28 bits per heavy atom. The molecule has 0 radical (unpaired) electrons. The summed E-state index contributed by atoms with van der Waals surface area (Å²) in [6.07, 6.45) is -0.714. The Morgan fingerprint density at radius 1 is 1.33 bits per heavy atom. The Labute approximate surface area is 108 Å². The third-order valence-electron chi connectivity index (χ3n) is 3.20. The van der Waals surface area contributed by atoms with Crippen LogP contribution in [-0.2, 0) is 4.79 Å². The summed E-state index contributed by atoms with van der Waals surface area (Å²) in [5, 5.41) is 12.5. The van der Waals surface area contributed by atoms with Crippen molar-refractivity contribution < 1.29 is 14.7 Å². The molecule has 0 spiro atoms. The molecule has 0 aromatic rings. The van der Waals surface area contributed by atoms with Crippen molar-refractivity contribution in [1.29, 1.82) is 0 Å². The fourth-order valence-electron chi connectivity index (χ4n) is 2.03. The summed E-state index contributed by atoms with van der Waals surface area (Å²) in [4.78, 5) is 26.7. The van der Waals surface area contributed by atoms with Crippen molar-refractivity contribution in [3.63, 3.8) is 0 Å². The van der Waals surface area contributed by atoms with E-state index in [0.717, 1.165) is 18.0 Å². The molecule has 1 saturated heterocycles. The summed E-state index contributed by atoms with van der Waals surface area (Å²) < 4.78 is 0. The molecule has 2 N–H and O–H groups in total. The maximum atomic E-state index is 11.9. The second kappa shape index (κ2) is 5.67. The fraction of sp³-hybridized carbons (Fsp3) is 0.833. The lowest BCUT2D eigenvalue weighted by molar-refractivity contribution is -0.131. The molecule has 6 nitrogen and oxygen atoms in total. The van der Waals surface area contributed by atoms with Gasteiger partial charge in [0, 0.05) is 6.54 Å². The highest BCUT2D eigenvalue weighted by atomic mass is 16.3. The van der Waals surface area contributed by atoms with E-state index in [9.17, 15) is 14.7 Å². The molecule has 0 saturated carbocycles. The Balaban J connectivity index is 2.57. The maximum absolute atomic E-state index is 11.9. The Kier molecular flexibility index (Phi) is 4.70. The quantitative estimate of drug-likeness (QED) is 0.658. The number of amides is 3. The minimum atomic E-state index is -0.869. The molecule has 1 heterocycles. The molecule has 0 unspecified atom stereocenters. The number of aliphatic hydroxyl groups excluding tert-OH is 1. The van der Waals surface area contributed by atoms with Crippen molar-refractivity contribution >= 4 is 11.9 Å². The fourth-order valence-corrected chi connectivity index (χ4v) is 2.03. The van der Waals surface area contributed by atoms with Crippen LogP contribution >= 0.6 is 0 Å². The number of carbonyl (C=O) groups is 2. The largest absolute Gasteiger partial charge is 0.390 e. The van der Waals surface area contributed by atoms with Crippen LogP contribution in [0.3, 0.4) is 0 Å². The molecule has 1 fully saturated rings. The molecule has 0 bridgehead atoms. The van der Waals surface area contributed by atoms with E-state index in [4.69, 9.17) is 0 Å². The van der Waals surface area contributed by atoms with Gasteiger partial charge in [-0.1, -0.05) is 13.8 Å². The van der Waals surface area contributed by atoms with E-state index in [1.54, 1.807) is 13.8 Å².